The van der Waals surface area contributed by atoms with Crippen LogP contribution in [0.3, 0.4) is 0 Å². The predicted octanol–water partition coefficient (Wildman–Crippen LogP) is 4.91. The van der Waals surface area contributed by atoms with E-state index >= 15 is 0 Å². The summed E-state index contributed by atoms with van der Waals surface area (Å²) in [5.41, 5.74) is 2.95. The Morgan fingerprint density at radius 2 is 1.67 bits per heavy atom. The van der Waals surface area contributed by atoms with Gasteiger partial charge >= 0.3 is 0 Å². The number of hydrogen-bond acceptors (Lipinski definition) is 1. The summed E-state index contributed by atoms with van der Waals surface area (Å²) >= 11 is 0. The second-order valence-corrected chi connectivity index (χ2v) is 10.5. The lowest BCUT2D eigenvalue weighted by Crippen LogP contribution is -2.26. The van der Waals surface area contributed by atoms with Gasteiger partial charge in [-0.3, -0.25) is 0 Å². The summed E-state index contributed by atoms with van der Waals surface area (Å²) in [5.74, 6) is 1.31. The Bertz CT molecular complexity index is 414. The van der Waals surface area contributed by atoms with Gasteiger partial charge in [0, 0.05) is 6.42 Å². The molecular formula is C16H24OSi. The Morgan fingerprint density at radius 3 is 2.33 bits per heavy atom. The molecule has 0 unspecified atom stereocenters. The lowest BCUT2D eigenvalue weighted by atomic mass is 9.93. The van der Waals surface area contributed by atoms with E-state index in [1.54, 1.807) is 0 Å². The lowest BCUT2D eigenvalue weighted by molar-refractivity contribution is 0.368. The quantitative estimate of drug-likeness (QED) is 0.699. The van der Waals surface area contributed by atoms with Gasteiger partial charge in [-0.05, 0) is 56.5 Å². The molecule has 0 atom stereocenters. The van der Waals surface area contributed by atoms with E-state index in [9.17, 15) is 0 Å². The minimum absolute atomic E-state index is 1.07. The molecule has 0 aromatic heterocycles. The summed E-state index contributed by atoms with van der Waals surface area (Å²) in [4.78, 5) is 0. The molecule has 18 heavy (non-hydrogen) atoms. The topological polar surface area (TPSA) is 9.23 Å². The van der Waals surface area contributed by atoms with Crippen LogP contribution in [0.25, 0.3) is 0 Å². The molecule has 0 radical (unpaired) electrons. The van der Waals surface area contributed by atoms with Crippen LogP contribution in [-0.4, -0.2) is 8.32 Å². The van der Waals surface area contributed by atoms with Gasteiger partial charge in [-0.1, -0.05) is 30.3 Å². The zero-order valence-corrected chi connectivity index (χ0v) is 12.8. The summed E-state index contributed by atoms with van der Waals surface area (Å²) in [6.45, 7) is 6.82. The summed E-state index contributed by atoms with van der Waals surface area (Å²) in [6.07, 6.45) is 6.04. The van der Waals surface area contributed by atoms with E-state index in [0.29, 0.717) is 0 Å². The zero-order valence-electron chi connectivity index (χ0n) is 11.8. The van der Waals surface area contributed by atoms with Crippen LogP contribution in [0.1, 0.15) is 31.2 Å². The molecule has 2 rings (SSSR count). The molecule has 2 heteroatoms. The van der Waals surface area contributed by atoms with Gasteiger partial charge < -0.3 is 4.43 Å². The third kappa shape index (κ3) is 4.02. The van der Waals surface area contributed by atoms with Gasteiger partial charge in [0.15, 0.2) is 0 Å². The highest BCUT2D eigenvalue weighted by molar-refractivity contribution is 6.70. The minimum Gasteiger partial charge on any atom is -0.547 e. The van der Waals surface area contributed by atoms with Crippen molar-refractivity contribution in [1.82, 2.24) is 0 Å². The molecule has 0 N–H and O–H groups in total. The first-order chi connectivity index (χ1) is 8.54. The third-order valence-corrected chi connectivity index (χ3v) is 4.08. The molecule has 0 aliphatic heterocycles. The monoisotopic (exact) mass is 260 g/mol. The predicted molar refractivity (Wildman–Crippen MR) is 80.1 cm³/mol. The van der Waals surface area contributed by atoms with E-state index in [4.69, 9.17) is 4.43 Å². The van der Waals surface area contributed by atoms with Crippen LogP contribution in [0.4, 0.5) is 0 Å². The molecular weight excluding hydrogens is 236 g/mol. The van der Waals surface area contributed by atoms with Gasteiger partial charge in [0.25, 0.3) is 0 Å². The van der Waals surface area contributed by atoms with Gasteiger partial charge in [0.2, 0.25) is 8.32 Å². The molecule has 1 aliphatic rings. The van der Waals surface area contributed by atoms with Crippen LogP contribution >= 0.6 is 0 Å². The lowest BCUT2D eigenvalue weighted by Gasteiger charge is -2.27. The first-order valence-corrected chi connectivity index (χ1v) is 10.4. The molecule has 0 fully saturated rings. The Balaban J connectivity index is 2.15. The van der Waals surface area contributed by atoms with E-state index in [1.807, 2.05) is 0 Å². The molecule has 1 aromatic rings. The second-order valence-electron chi connectivity index (χ2n) is 6.11. The largest absolute Gasteiger partial charge is 0.547 e. The third-order valence-electron chi connectivity index (χ3n) is 3.22. The fourth-order valence-electron chi connectivity index (χ4n) is 2.46. The van der Waals surface area contributed by atoms with Crippen molar-refractivity contribution in [3.8, 4) is 0 Å². The van der Waals surface area contributed by atoms with Crippen LogP contribution in [0.5, 0.6) is 0 Å². The van der Waals surface area contributed by atoms with Crippen molar-refractivity contribution >= 4 is 8.32 Å². The standard InChI is InChI=1S/C16H24OSi/c1-18(2,3)17-16-12-8-7-11-15(16)13-14-9-5-4-6-10-14/h4-6,9-10H,7-8,11-13H2,1-3H3. The number of rotatable bonds is 4. The molecule has 0 amide bonds. The highest BCUT2D eigenvalue weighted by Gasteiger charge is 2.22. The Morgan fingerprint density at radius 1 is 1.00 bits per heavy atom. The summed E-state index contributed by atoms with van der Waals surface area (Å²) in [6, 6.07) is 10.8. The fourth-order valence-corrected chi connectivity index (χ4v) is 3.45. The average molecular weight is 260 g/mol. The highest BCUT2D eigenvalue weighted by atomic mass is 28.4. The number of hydrogen-bond donors (Lipinski definition) is 0. The molecule has 0 saturated heterocycles. The molecule has 0 spiro atoms. The Hall–Kier alpha value is -1.02. The number of allylic oxidation sites excluding steroid dienone is 2. The van der Waals surface area contributed by atoms with Crippen molar-refractivity contribution in [2.45, 2.75) is 51.7 Å². The van der Waals surface area contributed by atoms with E-state index in [-0.39, 0.29) is 0 Å². The summed E-state index contributed by atoms with van der Waals surface area (Å²) in [5, 5.41) is 0. The van der Waals surface area contributed by atoms with E-state index in [2.05, 4.69) is 50.0 Å². The maximum Gasteiger partial charge on any atom is 0.241 e. The van der Waals surface area contributed by atoms with Gasteiger partial charge in [-0.2, -0.15) is 0 Å². The van der Waals surface area contributed by atoms with Crippen LogP contribution in [-0.2, 0) is 10.8 Å². The van der Waals surface area contributed by atoms with Crippen molar-refractivity contribution in [1.29, 1.82) is 0 Å². The zero-order chi connectivity index (χ0) is 13.0. The fraction of sp³-hybridized carbons (Fsp3) is 0.500. The van der Waals surface area contributed by atoms with Crippen molar-refractivity contribution in [3.05, 3.63) is 47.2 Å². The molecule has 0 bridgehead atoms. The molecule has 1 aromatic carbocycles. The normalized spacial score (nSPS) is 16.8. The van der Waals surface area contributed by atoms with Crippen LogP contribution in [0.2, 0.25) is 19.6 Å². The Labute approximate surface area is 112 Å². The van der Waals surface area contributed by atoms with Crippen molar-refractivity contribution < 1.29 is 4.43 Å². The van der Waals surface area contributed by atoms with Crippen molar-refractivity contribution in [3.63, 3.8) is 0 Å². The van der Waals surface area contributed by atoms with Gasteiger partial charge in [0.05, 0.1) is 5.76 Å². The first kappa shape index (κ1) is 13.4. The molecule has 0 heterocycles. The second kappa shape index (κ2) is 5.74. The summed E-state index contributed by atoms with van der Waals surface area (Å²) in [7, 11) is -1.46. The smallest absolute Gasteiger partial charge is 0.241 e. The maximum absolute atomic E-state index is 6.28. The van der Waals surface area contributed by atoms with Crippen LogP contribution < -0.4 is 0 Å². The van der Waals surface area contributed by atoms with Gasteiger partial charge in [0.1, 0.15) is 0 Å². The Kier molecular flexibility index (Phi) is 4.28. The highest BCUT2D eigenvalue weighted by Crippen LogP contribution is 2.30. The molecule has 1 nitrogen and oxygen atoms in total. The first-order valence-electron chi connectivity index (χ1n) is 6.98. The molecule has 98 valence electrons. The molecule has 0 saturated carbocycles. The minimum atomic E-state index is -1.46. The van der Waals surface area contributed by atoms with Crippen LogP contribution in [0, 0.1) is 0 Å². The SMILES string of the molecule is C[Si](C)(C)OC1=C(Cc2ccccc2)CCCC1. The maximum atomic E-state index is 6.28. The van der Waals surface area contributed by atoms with Gasteiger partial charge in [-0.15, -0.1) is 0 Å². The van der Waals surface area contributed by atoms with Gasteiger partial charge in [-0.25, -0.2) is 0 Å². The van der Waals surface area contributed by atoms with Crippen LogP contribution in [0.15, 0.2) is 41.7 Å². The van der Waals surface area contributed by atoms with Crippen molar-refractivity contribution in [2.75, 3.05) is 0 Å². The molecule has 1 aliphatic carbocycles. The van der Waals surface area contributed by atoms with E-state index in [1.165, 1.54) is 36.2 Å². The van der Waals surface area contributed by atoms with E-state index in [0.717, 1.165) is 12.8 Å². The number of benzene rings is 1. The van der Waals surface area contributed by atoms with Crippen molar-refractivity contribution in [2.24, 2.45) is 0 Å². The van der Waals surface area contributed by atoms with E-state index < -0.39 is 8.32 Å². The average Bonchev–Trinajstić information content (AvgIpc) is 2.31. The summed E-state index contributed by atoms with van der Waals surface area (Å²) < 4.78 is 6.28.